The number of hydrogen-bond acceptors (Lipinski definition) is 4. The fourth-order valence-corrected chi connectivity index (χ4v) is 1.51. The van der Waals surface area contributed by atoms with Crippen LogP contribution in [0.1, 0.15) is 5.69 Å². The summed E-state index contributed by atoms with van der Waals surface area (Å²) in [6.07, 6.45) is 4.53. The fraction of sp³-hybridized carbons (Fsp3) is 0.111. The van der Waals surface area contributed by atoms with Crippen LogP contribution in [-0.2, 0) is 0 Å². The Labute approximate surface area is 89.4 Å². The molecule has 7 heteroatoms. The molecule has 0 saturated carbocycles. The molecule has 3 aromatic rings. The molecule has 0 radical (unpaired) electrons. The molecule has 16 heavy (non-hydrogen) atoms. The number of hydrogen-bond donors (Lipinski definition) is 0. The maximum absolute atomic E-state index is 14.0. The predicted octanol–water partition coefficient (Wildman–Crippen LogP) is 0.758. The van der Waals surface area contributed by atoms with Crippen LogP contribution in [0.25, 0.3) is 11.6 Å². The summed E-state index contributed by atoms with van der Waals surface area (Å²) >= 11 is 0. The summed E-state index contributed by atoms with van der Waals surface area (Å²) in [7, 11) is 0. The second kappa shape index (κ2) is 3.09. The zero-order valence-electron chi connectivity index (χ0n) is 8.37. The van der Waals surface area contributed by atoms with Crippen LogP contribution in [0.2, 0.25) is 0 Å². The van der Waals surface area contributed by atoms with E-state index in [2.05, 4.69) is 20.2 Å². The van der Waals surface area contributed by atoms with E-state index in [1.165, 1.54) is 15.5 Å². The molecule has 80 valence electrons. The zero-order chi connectivity index (χ0) is 11.1. The molecule has 3 heterocycles. The van der Waals surface area contributed by atoms with Crippen LogP contribution >= 0.6 is 0 Å². The molecule has 0 atom stereocenters. The van der Waals surface area contributed by atoms with E-state index in [9.17, 15) is 4.39 Å². The SMILES string of the molecule is Cc1nc2ncnn2c(-n2cccn2)c1F. The van der Waals surface area contributed by atoms with Gasteiger partial charge in [0.1, 0.15) is 6.33 Å². The molecule has 0 fully saturated rings. The molecular formula is C9H7FN6. The van der Waals surface area contributed by atoms with Crippen LogP contribution in [0.15, 0.2) is 24.8 Å². The van der Waals surface area contributed by atoms with Crippen molar-refractivity contribution in [1.82, 2.24) is 29.4 Å². The largest absolute Gasteiger partial charge is 0.254 e. The monoisotopic (exact) mass is 218 g/mol. The molecule has 0 saturated heterocycles. The van der Waals surface area contributed by atoms with Gasteiger partial charge in [-0.1, -0.05) is 0 Å². The molecule has 0 spiro atoms. The van der Waals surface area contributed by atoms with Crippen LogP contribution < -0.4 is 0 Å². The van der Waals surface area contributed by atoms with Crippen LogP contribution in [0.4, 0.5) is 4.39 Å². The molecule has 0 aliphatic heterocycles. The first-order chi connectivity index (χ1) is 7.77. The van der Waals surface area contributed by atoms with Gasteiger partial charge in [-0.25, -0.2) is 14.1 Å². The van der Waals surface area contributed by atoms with Gasteiger partial charge in [-0.05, 0) is 13.0 Å². The minimum Gasteiger partial charge on any atom is -0.220 e. The second-order valence-electron chi connectivity index (χ2n) is 3.26. The molecule has 0 N–H and O–H groups in total. The van der Waals surface area contributed by atoms with Gasteiger partial charge in [0.15, 0.2) is 11.6 Å². The van der Waals surface area contributed by atoms with Gasteiger partial charge in [0.2, 0.25) is 0 Å². The first-order valence-corrected chi connectivity index (χ1v) is 4.63. The third-order valence-corrected chi connectivity index (χ3v) is 2.23. The quantitative estimate of drug-likeness (QED) is 0.605. The molecule has 6 nitrogen and oxygen atoms in total. The lowest BCUT2D eigenvalue weighted by atomic mass is 10.4. The maximum atomic E-state index is 14.0. The molecule has 3 aromatic heterocycles. The average Bonchev–Trinajstić information content (AvgIpc) is 2.89. The Morgan fingerprint density at radius 2 is 2.19 bits per heavy atom. The van der Waals surface area contributed by atoms with E-state index in [1.807, 2.05) is 0 Å². The molecule has 3 rings (SSSR count). The van der Waals surface area contributed by atoms with Gasteiger partial charge >= 0.3 is 0 Å². The lowest BCUT2D eigenvalue weighted by Crippen LogP contribution is -2.10. The van der Waals surface area contributed by atoms with Crippen molar-refractivity contribution >= 4 is 5.78 Å². The fourth-order valence-electron chi connectivity index (χ4n) is 1.51. The highest BCUT2D eigenvalue weighted by molar-refractivity contribution is 5.38. The topological polar surface area (TPSA) is 60.9 Å². The third-order valence-electron chi connectivity index (χ3n) is 2.23. The molecular weight excluding hydrogens is 211 g/mol. The molecule has 0 aliphatic rings. The Bertz CT molecular complexity index is 641. The van der Waals surface area contributed by atoms with Crippen molar-refractivity contribution in [2.45, 2.75) is 6.92 Å². The summed E-state index contributed by atoms with van der Waals surface area (Å²) < 4.78 is 16.7. The molecule has 0 amide bonds. The van der Waals surface area contributed by atoms with Gasteiger partial charge in [-0.15, -0.1) is 0 Å². The lowest BCUT2D eigenvalue weighted by Gasteiger charge is -2.06. The van der Waals surface area contributed by atoms with Gasteiger partial charge in [0, 0.05) is 12.4 Å². The summed E-state index contributed by atoms with van der Waals surface area (Å²) in [6, 6.07) is 1.71. The summed E-state index contributed by atoms with van der Waals surface area (Å²) in [4.78, 5) is 7.90. The van der Waals surface area contributed by atoms with E-state index in [-0.39, 0.29) is 11.5 Å². The smallest absolute Gasteiger partial charge is 0.220 e. The van der Waals surface area contributed by atoms with Gasteiger partial charge in [-0.3, -0.25) is 0 Å². The number of halogens is 1. The van der Waals surface area contributed by atoms with Crippen molar-refractivity contribution in [1.29, 1.82) is 0 Å². The number of aromatic nitrogens is 6. The third kappa shape index (κ3) is 1.11. The van der Waals surface area contributed by atoms with Crippen LogP contribution in [0, 0.1) is 12.7 Å². The van der Waals surface area contributed by atoms with E-state index >= 15 is 0 Å². The van der Waals surface area contributed by atoms with Crippen molar-refractivity contribution in [3.63, 3.8) is 0 Å². The summed E-state index contributed by atoms with van der Waals surface area (Å²) in [6.45, 7) is 1.58. The predicted molar refractivity (Wildman–Crippen MR) is 52.6 cm³/mol. The Kier molecular flexibility index (Phi) is 1.73. The minimum absolute atomic E-state index is 0.213. The summed E-state index contributed by atoms with van der Waals surface area (Å²) in [5.74, 6) is 0.108. The normalized spacial score (nSPS) is 11.1. The van der Waals surface area contributed by atoms with Crippen LogP contribution in [-0.4, -0.2) is 29.4 Å². The van der Waals surface area contributed by atoms with Gasteiger partial charge in [-0.2, -0.15) is 19.7 Å². The van der Waals surface area contributed by atoms with Gasteiger partial charge in [0.25, 0.3) is 5.78 Å². The summed E-state index contributed by atoms with van der Waals surface area (Å²) in [5.41, 5.74) is 0.269. The Morgan fingerprint density at radius 1 is 1.31 bits per heavy atom. The van der Waals surface area contributed by atoms with Crippen molar-refractivity contribution in [3.8, 4) is 5.82 Å². The Morgan fingerprint density at radius 3 is 2.94 bits per heavy atom. The van der Waals surface area contributed by atoms with Gasteiger partial charge < -0.3 is 0 Å². The molecule has 0 aliphatic carbocycles. The number of rotatable bonds is 1. The molecule has 0 aromatic carbocycles. The summed E-state index contributed by atoms with van der Waals surface area (Å²) in [5, 5.41) is 7.90. The van der Waals surface area contributed by atoms with Crippen molar-refractivity contribution in [2.24, 2.45) is 0 Å². The van der Waals surface area contributed by atoms with E-state index in [0.717, 1.165) is 0 Å². The number of fused-ring (bicyclic) bond motifs is 1. The van der Waals surface area contributed by atoms with E-state index in [1.54, 1.807) is 25.4 Å². The Balaban J connectivity index is 2.45. The van der Waals surface area contributed by atoms with Crippen LogP contribution in [0.5, 0.6) is 0 Å². The highest BCUT2D eigenvalue weighted by Crippen LogP contribution is 2.14. The average molecular weight is 218 g/mol. The van der Waals surface area contributed by atoms with Crippen molar-refractivity contribution in [2.75, 3.05) is 0 Å². The standard InChI is InChI=1S/C9H7FN6/c1-6-7(10)8(15-4-2-3-12-15)16-9(14-6)11-5-13-16/h2-5H,1H3. The minimum atomic E-state index is -0.457. The second-order valence-corrected chi connectivity index (χ2v) is 3.26. The zero-order valence-corrected chi connectivity index (χ0v) is 8.37. The lowest BCUT2D eigenvalue weighted by molar-refractivity contribution is 0.572. The first-order valence-electron chi connectivity index (χ1n) is 4.63. The van der Waals surface area contributed by atoms with E-state index in [4.69, 9.17) is 0 Å². The molecule has 0 bridgehead atoms. The maximum Gasteiger partial charge on any atom is 0.254 e. The molecule has 0 unspecified atom stereocenters. The van der Waals surface area contributed by atoms with E-state index < -0.39 is 5.82 Å². The van der Waals surface area contributed by atoms with Crippen molar-refractivity contribution in [3.05, 3.63) is 36.3 Å². The highest BCUT2D eigenvalue weighted by atomic mass is 19.1. The van der Waals surface area contributed by atoms with Gasteiger partial charge in [0.05, 0.1) is 5.69 Å². The Hall–Kier alpha value is -2.31. The van der Waals surface area contributed by atoms with Crippen molar-refractivity contribution < 1.29 is 4.39 Å². The number of aryl methyl sites for hydroxylation is 1. The number of nitrogens with zero attached hydrogens (tertiary/aromatic N) is 6. The van der Waals surface area contributed by atoms with E-state index in [0.29, 0.717) is 5.78 Å². The highest BCUT2D eigenvalue weighted by Gasteiger charge is 2.15. The van der Waals surface area contributed by atoms with Crippen LogP contribution in [0.3, 0.4) is 0 Å². The first kappa shape index (κ1) is 8.96.